The number of piperazine rings is 1. The third-order valence-electron chi connectivity index (χ3n) is 6.24. The maximum absolute atomic E-state index is 13.4. The Balaban J connectivity index is 1.24. The van der Waals surface area contributed by atoms with Crippen LogP contribution in [0.15, 0.2) is 29.3 Å². The second-order valence-corrected chi connectivity index (χ2v) is 8.91. The Hall–Kier alpha value is -2.86. The summed E-state index contributed by atoms with van der Waals surface area (Å²) in [6.07, 6.45) is -0.687. The maximum atomic E-state index is 13.4. The smallest absolute Gasteiger partial charge is 0.379 e. The molecule has 0 spiro atoms. The van der Waals surface area contributed by atoms with Crippen molar-refractivity contribution in [2.75, 3.05) is 55.7 Å². The molecule has 1 amide bonds. The van der Waals surface area contributed by atoms with Crippen molar-refractivity contribution in [3.05, 3.63) is 45.5 Å². The summed E-state index contributed by atoms with van der Waals surface area (Å²) < 4.78 is 46.0. The van der Waals surface area contributed by atoms with Gasteiger partial charge in [-0.15, -0.1) is 0 Å². The van der Waals surface area contributed by atoms with Crippen LogP contribution in [0.1, 0.15) is 24.8 Å². The zero-order chi connectivity index (χ0) is 25.0. The highest BCUT2D eigenvalue weighted by Crippen LogP contribution is 2.36. The van der Waals surface area contributed by atoms with E-state index < -0.39 is 17.3 Å². The van der Waals surface area contributed by atoms with Gasteiger partial charge in [0.2, 0.25) is 5.91 Å². The summed E-state index contributed by atoms with van der Waals surface area (Å²) in [5.74, 6) is 0.783. The zero-order valence-electron chi connectivity index (χ0n) is 18.9. The molecule has 4 heterocycles. The van der Waals surface area contributed by atoms with Gasteiger partial charge in [-0.25, -0.2) is 10.1 Å². The predicted octanol–water partition coefficient (Wildman–Crippen LogP) is 2.56. The first-order valence-corrected chi connectivity index (χ1v) is 11.8. The number of carbonyl (C=O) groups excluding carboxylic acids is 1. The fourth-order valence-electron chi connectivity index (χ4n) is 4.48. The Morgan fingerprint density at radius 2 is 1.94 bits per heavy atom. The number of nitrogens with one attached hydrogen (secondary N) is 1. The molecule has 4 rings (SSSR count). The second-order valence-electron chi connectivity index (χ2n) is 8.47. The quantitative estimate of drug-likeness (QED) is 0.567. The van der Waals surface area contributed by atoms with E-state index >= 15 is 0 Å². The monoisotopic (exact) mass is 514 g/mol. The minimum atomic E-state index is -4.79. The van der Waals surface area contributed by atoms with Crippen LogP contribution in [0.5, 0.6) is 0 Å². The number of nitrogens with zero attached hydrogens (tertiary/aromatic N) is 5. The number of halogens is 4. The van der Waals surface area contributed by atoms with Gasteiger partial charge >= 0.3 is 6.18 Å². The molecule has 2 aliphatic heterocycles. The van der Waals surface area contributed by atoms with E-state index in [4.69, 9.17) is 16.3 Å². The lowest BCUT2D eigenvalue weighted by atomic mass is 10.2. The first-order valence-electron chi connectivity index (χ1n) is 11.4. The van der Waals surface area contributed by atoms with Crippen LogP contribution in [0.3, 0.4) is 0 Å². The molecule has 2 fully saturated rings. The number of aromatic amines is 1. The molecule has 0 radical (unpaired) electrons. The molecule has 1 N–H and O–H groups in total. The van der Waals surface area contributed by atoms with E-state index in [1.54, 1.807) is 17.2 Å². The van der Waals surface area contributed by atoms with Crippen molar-refractivity contribution in [3.8, 4) is 0 Å². The molecular weight excluding hydrogens is 489 g/mol. The fourth-order valence-corrected chi connectivity index (χ4v) is 4.60. The van der Waals surface area contributed by atoms with Gasteiger partial charge in [-0.3, -0.25) is 9.59 Å². The third kappa shape index (κ3) is 6.04. The predicted molar refractivity (Wildman–Crippen MR) is 124 cm³/mol. The number of aromatic nitrogens is 3. The van der Waals surface area contributed by atoms with Gasteiger partial charge in [-0.05, 0) is 25.0 Å². The lowest BCUT2D eigenvalue weighted by Crippen LogP contribution is -2.49. The minimum absolute atomic E-state index is 0.0323. The number of rotatable bonds is 7. The topological polar surface area (TPSA) is 94.7 Å². The summed E-state index contributed by atoms with van der Waals surface area (Å²) in [6.45, 7) is 3.14. The largest absolute Gasteiger partial charge is 0.423 e. The highest BCUT2D eigenvalue weighted by Gasteiger charge is 2.40. The summed E-state index contributed by atoms with van der Waals surface area (Å²) >= 11 is 5.88. The van der Waals surface area contributed by atoms with Crippen LogP contribution in [0.25, 0.3) is 0 Å². The van der Waals surface area contributed by atoms with Crippen molar-refractivity contribution in [2.45, 2.75) is 31.5 Å². The summed E-state index contributed by atoms with van der Waals surface area (Å²) in [5.41, 5.74) is -2.75. The summed E-state index contributed by atoms with van der Waals surface area (Å²) in [5, 5.41) is 5.98. The van der Waals surface area contributed by atoms with Gasteiger partial charge in [0, 0.05) is 38.9 Å². The molecule has 0 bridgehead atoms. The van der Waals surface area contributed by atoms with E-state index in [2.05, 4.69) is 15.0 Å². The lowest BCUT2D eigenvalue weighted by molar-refractivity contribution is -0.138. The Kier molecular flexibility index (Phi) is 7.80. The van der Waals surface area contributed by atoms with Crippen LogP contribution >= 0.6 is 11.6 Å². The van der Waals surface area contributed by atoms with E-state index in [0.717, 1.165) is 12.0 Å². The van der Waals surface area contributed by atoms with Crippen molar-refractivity contribution in [1.29, 1.82) is 0 Å². The Bertz CT molecular complexity index is 1070. The van der Waals surface area contributed by atoms with E-state index in [1.807, 2.05) is 11.2 Å². The van der Waals surface area contributed by atoms with Crippen LogP contribution in [-0.2, 0) is 15.7 Å². The summed E-state index contributed by atoms with van der Waals surface area (Å²) in [4.78, 5) is 34.1. The Labute approximate surface area is 204 Å². The number of alkyl halides is 3. The normalized spacial score (nSPS) is 18.9. The molecule has 2 saturated heterocycles. The van der Waals surface area contributed by atoms with Crippen LogP contribution in [0.4, 0.5) is 24.7 Å². The number of anilines is 2. The van der Waals surface area contributed by atoms with Gasteiger partial charge in [0.1, 0.15) is 11.4 Å². The van der Waals surface area contributed by atoms with Crippen molar-refractivity contribution < 1.29 is 22.7 Å². The summed E-state index contributed by atoms with van der Waals surface area (Å²) in [7, 11) is 0. The van der Waals surface area contributed by atoms with Crippen LogP contribution < -0.4 is 15.4 Å². The van der Waals surface area contributed by atoms with Crippen LogP contribution in [0.2, 0.25) is 5.02 Å². The fraction of sp³-hybridized carbons (Fsp3) is 0.545. The molecule has 1 unspecified atom stereocenters. The first kappa shape index (κ1) is 25.2. The number of hydrogen-bond donors (Lipinski definition) is 1. The van der Waals surface area contributed by atoms with Gasteiger partial charge in [0.25, 0.3) is 5.56 Å². The maximum Gasteiger partial charge on any atom is 0.423 e. The molecule has 1 atom stereocenters. The van der Waals surface area contributed by atoms with Crippen molar-refractivity contribution in [3.63, 3.8) is 0 Å². The number of H-pyrrole nitrogens is 1. The minimum Gasteiger partial charge on any atom is -0.379 e. The molecule has 0 aliphatic carbocycles. The van der Waals surface area contributed by atoms with Crippen LogP contribution in [0, 0.1) is 0 Å². The third-order valence-corrected chi connectivity index (χ3v) is 6.47. The van der Waals surface area contributed by atoms with E-state index in [-0.39, 0.29) is 37.3 Å². The number of ether oxygens (including phenoxy) is 1. The summed E-state index contributed by atoms with van der Waals surface area (Å²) in [6, 6.07) is 3.30. The van der Waals surface area contributed by atoms with Gasteiger partial charge in [0.15, 0.2) is 0 Å². The molecule has 2 aromatic heterocycles. The molecule has 0 aromatic carbocycles. The highest BCUT2D eigenvalue weighted by atomic mass is 35.5. The van der Waals surface area contributed by atoms with Crippen molar-refractivity contribution in [2.24, 2.45) is 0 Å². The van der Waals surface area contributed by atoms with E-state index in [1.165, 1.54) is 4.90 Å². The molecule has 35 heavy (non-hydrogen) atoms. The van der Waals surface area contributed by atoms with Gasteiger partial charge in [-0.1, -0.05) is 11.6 Å². The van der Waals surface area contributed by atoms with Crippen molar-refractivity contribution >= 4 is 29.0 Å². The van der Waals surface area contributed by atoms with Crippen LogP contribution in [-0.4, -0.2) is 78.0 Å². The lowest BCUT2D eigenvalue weighted by Gasteiger charge is -2.35. The van der Waals surface area contributed by atoms with E-state index in [9.17, 15) is 22.8 Å². The molecular formula is C22H26ClF3N6O3. The number of carbonyl (C=O) groups is 1. The van der Waals surface area contributed by atoms with E-state index in [0.29, 0.717) is 50.6 Å². The Morgan fingerprint density at radius 1 is 1.17 bits per heavy atom. The zero-order valence-corrected chi connectivity index (χ0v) is 19.7. The number of pyridine rings is 1. The number of amides is 1. The Morgan fingerprint density at radius 3 is 2.63 bits per heavy atom. The molecule has 190 valence electrons. The second kappa shape index (κ2) is 10.8. The SMILES string of the molecule is O=C(CCOCC1CCCN1c1cn[nH]c(=O)c1C(F)(F)F)N1CCN(c2ccc(Cl)cn2)CC1. The number of hydrogen-bond acceptors (Lipinski definition) is 7. The molecule has 9 nitrogen and oxygen atoms in total. The average Bonchev–Trinajstić information content (AvgIpc) is 3.30. The van der Waals surface area contributed by atoms with Crippen molar-refractivity contribution in [1.82, 2.24) is 20.1 Å². The van der Waals surface area contributed by atoms with Gasteiger partial charge < -0.3 is 19.4 Å². The highest BCUT2D eigenvalue weighted by molar-refractivity contribution is 6.30. The molecule has 13 heteroatoms. The molecule has 2 aromatic rings. The standard InChI is InChI=1S/C22H26ClF3N6O3/c23-15-3-4-18(27-12-15)30-7-9-31(10-8-30)19(33)5-11-35-14-16-2-1-6-32(16)17-13-28-29-21(34)20(17)22(24,25)26/h3-4,12-13,16H,1-2,5-11,14H2,(H,29,34). The molecule has 2 aliphatic rings. The van der Waals surface area contributed by atoms with Gasteiger partial charge in [-0.2, -0.15) is 18.3 Å². The first-order chi connectivity index (χ1) is 16.7. The van der Waals surface area contributed by atoms with Gasteiger partial charge in [0.05, 0.1) is 42.6 Å². The molecule has 0 saturated carbocycles. The average molecular weight is 515 g/mol.